The van der Waals surface area contributed by atoms with Crippen molar-refractivity contribution in [1.82, 2.24) is 5.32 Å². The number of rotatable bonds is 16. The van der Waals surface area contributed by atoms with Crippen molar-refractivity contribution in [3.8, 4) is 0 Å². The van der Waals surface area contributed by atoms with Crippen molar-refractivity contribution in [2.75, 3.05) is 57.9 Å². The Morgan fingerprint density at radius 3 is 1.81 bits per heavy atom. The highest BCUT2D eigenvalue weighted by atomic mass is 35.5. The van der Waals surface area contributed by atoms with Crippen molar-refractivity contribution in [2.24, 2.45) is 0 Å². The number of ether oxygens (including phenoxy) is 3. The summed E-state index contributed by atoms with van der Waals surface area (Å²) in [5.41, 5.74) is -0.182. The molecule has 0 unspecified atom stereocenters. The second kappa shape index (κ2) is 15.3. The number of alkyl halides is 2. The zero-order chi connectivity index (χ0) is 15.8. The maximum atomic E-state index is 5.95. The molecule has 4 nitrogen and oxygen atoms in total. The number of hydrogen-bond donors (Lipinski definition) is 1. The van der Waals surface area contributed by atoms with Gasteiger partial charge < -0.3 is 19.5 Å². The lowest BCUT2D eigenvalue weighted by Crippen LogP contribution is -2.49. The number of halogens is 2. The highest BCUT2D eigenvalue weighted by molar-refractivity contribution is 6.22. The molecule has 0 radical (unpaired) electrons. The van der Waals surface area contributed by atoms with Gasteiger partial charge in [0, 0.05) is 30.5 Å². The Hall–Kier alpha value is 0.420. The molecule has 0 bridgehead atoms. The van der Waals surface area contributed by atoms with Gasteiger partial charge in [-0.15, -0.1) is 23.2 Å². The van der Waals surface area contributed by atoms with Crippen LogP contribution < -0.4 is 5.32 Å². The first-order chi connectivity index (χ1) is 10.2. The van der Waals surface area contributed by atoms with Crippen LogP contribution in [0.5, 0.6) is 0 Å². The largest absolute Gasteiger partial charge is 0.379 e. The van der Waals surface area contributed by atoms with E-state index in [1.807, 2.05) is 0 Å². The van der Waals surface area contributed by atoms with E-state index in [1.165, 1.54) is 0 Å². The summed E-state index contributed by atoms with van der Waals surface area (Å²) in [6.07, 6.45) is 3.18. The second-order valence-electron chi connectivity index (χ2n) is 5.02. The van der Waals surface area contributed by atoms with E-state index in [1.54, 1.807) is 0 Å². The van der Waals surface area contributed by atoms with Gasteiger partial charge in [0.05, 0.1) is 33.0 Å². The average Bonchev–Trinajstić information content (AvgIpc) is 2.53. The number of hydrogen-bond acceptors (Lipinski definition) is 4. The molecule has 21 heavy (non-hydrogen) atoms. The Bertz CT molecular complexity index is 209. The van der Waals surface area contributed by atoms with Crippen LogP contribution in [0.25, 0.3) is 0 Å². The van der Waals surface area contributed by atoms with Gasteiger partial charge in [0.1, 0.15) is 0 Å². The lowest BCUT2D eigenvalue weighted by Gasteiger charge is -2.29. The third kappa shape index (κ3) is 11.6. The van der Waals surface area contributed by atoms with Crippen LogP contribution in [0.1, 0.15) is 33.1 Å². The monoisotopic (exact) mass is 343 g/mol. The predicted octanol–water partition coefficient (Wildman–Crippen LogP) is 3.05. The molecule has 6 heteroatoms. The van der Waals surface area contributed by atoms with Crippen molar-refractivity contribution in [3.63, 3.8) is 0 Å². The molecule has 128 valence electrons. The molecule has 0 aromatic rings. The Kier molecular flexibility index (Phi) is 15.6. The fourth-order valence-electron chi connectivity index (χ4n) is 1.62. The van der Waals surface area contributed by atoms with Crippen molar-refractivity contribution in [3.05, 3.63) is 0 Å². The van der Waals surface area contributed by atoms with Crippen LogP contribution in [-0.2, 0) is 14.2 Å². The maximum Gasteiger partial charge on any atom is 0.0701 e. The molecule has 0 spiro atoms. The fourth-order valence-corrected chi connectivity index (χ4v) is 2.47. The Morgan fingerprint density at radius 1 is 0.810 bits per heavy atom. The Labute approximate surface area is 139 Å². The van der Waals surface area contributed by atoms with Gasteiger partial charge in [-0.05, 0) is 12.8 Å². The van der Waals surface area contributed by atoms with E-state index in [9.17, 15) is 0 Å². The smallest absolute Gasteiger partial charge is 0.0701 e. The van der Waals surface area contributed by atoms with E-state index in [2.05, 4.69) is 19.2 Å². The zero-order valence-corrected chi connectivity index (χ0v) is 15.0. The molecule has 0 aromatic carbocycles. The standard InChI is InChI=1S/C15H31Cl2NO3/c1-3-5-7-19-9-11-21-12-10-20-8-6-18-15(4-2,13-16)14-17/h18H,3-14H2,1-2H3. The van der Waals surface area contributed by atoms with Gasteiger partial charge >= 0.3 is 0 Å². The Balaban J connectivity index is 3.29. The minimum Gasteiger partial charge on any atom is -0.379 e. The molecule has 0 saturated carbocycles. The van der Waals surface area contributed by atoms with Crippen LogP contribution in [0, 0.1) is 0 Å². The predicted molar refractivity (Wildman–Crippen MR) is 89.8 cm³/mol. The van der Waals surface area contributed by atoms with Gasteiger partial charge in [-0.3, -0.25) is 0 Å². The Morgan fingerprint density at radius 2 is 1.33 bits per heavy atom. The SMILES string of the molecule is CCCCOCCOCCOCCNC(CC)(CCl)CCl. The molecule has 0 rings (SSSR count). The normalized spacial score (nSPS) is 12.0. The summed E-state index contributed by atoms with van der Waals surface area (Å²) in [7, 11) is 0. The zero-order valence-electron chi connectivity index (χ0n) is 13.5. The number of unbranched alkanes of at least 4 members (excludes halogenated alkanes) is 1. The highest BCUT2D eigenvalue weighted by Crippen LogP contribution is 2.14. The second-order valence-corrected chi connectivity index (χ2v) is 5.55. The maximum absolute atomic E-state index is 5.95. The molecule has 0 saturated heterocycles. The molecule has 0 aromatic heterocycles. The third-order valence-electron chi connectivity index (χ3n) is 3.32. The van der Waals surface area contributed by atoms with Gasteiger partial charge in [-0.25, -0.2) is 0 Å². The van der Waals surface area contributed by atoms with E-state index in [4.69, 9.17) is 37.4 Å². The molecular formula is C15H31Cl2NO3. The first-order valence-electron chi connectivity index (χ1n) is 7.85. The van der Waals surface area contributed by atoms with Crippen LogP contribution >= 0.6 is 23.2 Å². The topological polar surface area (TPSA) is 39.7 Å². The summed E-state index contributed by atoms with van der Waals surface area (Å²) in [4.78, 5) is 0. The molecule has 1 N–H and O–H groups in total. The van der Waals surface area contributed by atoms with E-state index in [-0.39, 0.29) is 5.54 Å². The summed E-state index contributed by atoms with van der Waals surface area (Å²) >= 11 is 11.9. The molecule has 0 heterocycles. The third-order valence-corrected chi connectivity index (χ3v) is 4.34. The van der Waals surface area contributed by atoms with E-state index >= 15 is 0 Å². The van der Waals surface area contributed by atoms with Gasteiger partial charge in [-0.2, -0.15) is 0 Å². The van der Waals surface area contributed by atoms with Gasteiger partial charge in [0.15, 0.2) is 0 Å². The van der Waals surface area contributed by atoms with E-state index < -0.39 is 0 Å². The van der Waals surface area contributed by atoms with Crippen molar-refractivity contribution < 1.29 is 14.2 Å². The van der Waals surface area contributed by atoms with Crippen LogP contribution in [0.2, 0.25) is 0 Å². The molecule has 0 aliphatic heterocycles. The molecule has 0 atom stereocenters. The minimum atomic E-state index is -0.182. The van der Waals surface area contributed by atoms with E-state index in [0.29, 0.717) is 44.8 Å². The quantitative estimate of drug-likeness (QED) is 0.345. The molecule has 0 aliphatic rings. The summed E-state index contributed by atoms with van der Waals surface area (Å²) in [6, 6.07) is 0. The van der Waals surface area contributed by atoms with Crippen molar-refractivity contribution >= 4 is 23.2 Å². The minimum absolute atomic E-state index is 0.182. The number of nitrogens with one attached hydrogen (secondary N) is 1. The average molecular weight is 344 g/mol. The van der Waals surface area contributed by atoms with Crippen LogP contribution in [0.15, 0.2) is 0 Å². The molecular weight excluding hydrogens is 313 g/mol. The summed E-state index contributed by atoms with van der Waals surface area (Å²) in [6.45, 7) is 8.90. The van der Waals surface area contributed by atoms with Crippen LogP contribution in [0.4, 0.5) is 0 Å². The lowest BCUT2D eigenvalue weighted by molar-refractivity contribution is 0.0140. The highest BCUT2D eigenvalue weighted by Gasteiger charge is 2.24. The lowest BCUT2D eigenvalue weighted by atomic mass is 10.0. The van der Waals surface area contributed by atoms with Gasteiger partial charge in [-0.1, -0.05) is 20.3 Å². The molecule has 0 fully saturated rings. The first-order valence-corrected chi connectivity index (χ1v) is 8.91. The first kappa shape index (κ1) is 21.4. The van der Waals surface area contributed by atoms with E-state index in [0.717, 1.165) is 32.4 Å². The van der Waals surface area contributed by atoms with Gasteiger partial charge in [0.25, 0.3) is 0 Å². The van der Waals surface area contributed by atoms with Crippen molar-refractivity contribution in [2.45, 2.75) is 38.6 Å². The molecule has 0 amide bonds. The van der Waals surface area contributed by atoms with Crippen LogP contribution in [-0.4, -0.2) is 63.5 Å². The summed E-state index contributed by atoms with van der Waals surface area (Å²) in [5.74, 6) is 1.02. The van der Waals surface area contributed by atoms with Crippen LogP contribution in [0.3, 0.4) is 0 Å². The van der Waals surface area contributed by atoms with Crippen molar-refractivity contribution in [1.29, 1.82) is 0 Å². The fraction of sp³-hybridized carbons (Fsp3) is 1.00. The molecule has 0 aliphatic carbocycles. The van der Waals surface area contributed by atoms with Gasteiger partial charge in [0.2, 0.25) is 0 Å². The summed E-state index contributed by atoms with van der Waals surface area (Å²) in [5, 5.41) is 3.36. The summed E-state index contributed by atoms with van der Waals surface area (Å²) < 4.78 is 16.3.